The summed E-state index contributed by atoms with van der Waals surface area (Å²) in [7, 11) is 0. The Morgan fingerprint density at radius 2 is 1.73 bits per heavy atom. The lowest BCUT2D eigenvalue weighted by Gasteiger charge is -2.24. The van der Waals surface area contributed by atoms with E-state index in [1.807, 2.05) is 45.9 Å². The molecule has 1 rings (SSSR count). The van der Waals surface area contributed by atoms with Crippen LogP contribution in [-0.2, 0) is 4.79 Å². The minimum Gasteiger partial charge on any atom is -0.351 e. The number of hydrogen-bond acceptors (Lipinski definition) is 3. The van der Waals surface area contributed by atoms with Gasteiger partial charge < -0.3 is 16.4 Å². The highest BCUT2D eigenvalue weighted by Crippen LogP contribution is 2.09. The number of benzene rings is 1. The highest BCUT2D eigenvalue weighted by atomic mass is 35.5. The van der Waals surface area contributed by atoms with Gasteiger partial charge in [-0.15, -0.1) is 12.4 Å². The number of nitrogens with two attached hydrogens (primary N) is 1. The number of nitrogens with one attached hydrogen (secondary N) is 2. The fourth-order valence-corrected chi connectivity index (χ4v) is 1.97. The maximum Gasteiger partial charge on any atom is 0.252 e. The van der Waals surface area contributed by atoms with Crippen molar-refractivity contribution in [3.8, 4) is 0 Å². The molecule has 22 heavy (non-hydrogen) atoms. The molecule has 1 aromatic rings. The molecule has 0 spiro atoms. The number of carbonyl (C=O) groups excluding carboxylic acids is 2. The largest absolute Gasteiger partial charge is 0.351 e. The van der Waals surface area contributed by atoms with Crippen molar-refractivity contribution in [1.29, 1.82) is 0 Å². The molecular weight excluding hydrogens is 302 g/mol. The van der Waals surface area contributed by atoms with Crippen molar-refractivity contribution in [2.45, 2.75) is 39.8 Å². The molecule has 0 aromatic heterocycles. The van der Waals surface area contributed by atoms with Crippen LogP contribution in [0.2, 0.25) is 0 Å². The van der Waals surface area contributed by atoms with E-state index in [0.29, 0.717) is 12.1 Å². The van der Waals surface area contributed by atoms with E-state index in [-0.39, 0.29) is 36.2 Å². The minimum atomic E-state index is -0.578. The summed E-state index contributed by atoms with van der Waals surface area (Å²) in [5.74, 6) is -0.449. The smallest absolute Gasteiger partial charge is 0.252 e. The average Bonchev–Trinajstić information content (AvgIpc) is 2.44. The fraction of sp³-hybridized carbons (Fsp3) is 0.500. The molecule has 0 heterocycles. The molecule has 0 aliphatic heterocycles. The van der Waals surface area contributed by atoms with Crippen molar-refractivity contribution < 1.29 is 9.59 Å². The number of carbonyl (C=O) groups is 2. The zero-order valence-electron chi connectivity index (χ0n) is 13.6. The maximum absolute atomic E-state index is 12.3. The van der Waals surface area contributed by atoms with Gasteiger partial charge in [0.25, 0.3) is 5.91 Å². The van der Waals surface area contributed by atoms with Gasteiger partial charge in [0, 0.05) is 18.2 Å². The normalized spacial score (nSPS) is 13.0. The molecule has 0 radical (unpaired) electrons. The van der Waals surface area contributed by atoms with Crippen LogP contribution in [0.1, 0.15) is 36.7 Å². The molecule has 0 saturated heterocycles. The number of amides is 2. The Hall–Kier alpha value is -1.59. The molecule has 1 unspecified atom stereocenters. The van der Waals surface area contributed by atoms with E-state index in [0.717, 1.165) is 5.56 Å². The van der Waals surface area contributed by atoms with Gasteiger partial charge in [-0.3, -0.25) is 9.59 Å². The Labute approximate surface area is 138 Å². The lowest BCUT2D eigenvalue weighted by atomic mass is 10.0. The third-order valence-corrected chi connectivity index (χ3v) is 3.37. The van der Waals surface area contributed by atoms with Gasteiger partial charge in [-0.05, 0) is 31.4 Å². The summed E-state index contributed by atoms with van der Waals surface area (Å²) < 4.78 is 0. The van der Waals surface area contributed by atoms with Crippen molar-refractivity contribution >= 4 is 24.2 Å². The SMILES string of the molecule is Cc1ccccc1C(=O)NC(C(=O)N[C@@H](C)CN)C(C)C.Cl. The minimum absolute atomic E-state index is 0. The first-order chi connectivity index (χ1) is 9.86. The maximum atomic E-state index is 12.3. The first-order valence-electron chi connectivity index (χ1n) is 7.23. The van der Waals surface area contributed by atoms with Gasteiger partial charge in [-0.1, -0.05) is 32.0 Å². The number of rotatable bonds is 6. The Morgan fingerprint density at radius 3 is 2.23 bits per heavy atom. The van der Waals surface area contributed by atoms with Crippen molar-refractivity contribution in [1.82, 2.24) is 10.6 Å². The summed E-state index contributed by atoms with van der Waals surface area (Å²) in [6, 6.07) is 6.61. The van der Waals surface area contributed by atoms with Gasteiger partial charge in [-0.2, -0.15) is 0 Å². The van der Waals surface area contributed by atoms with Crippen LogP contribution < -0.4 is 16.4 Å². The molecule has 2 amide bonds. The molecule has 0 saturated carbocycles. The van der Waals surface area contributed by atoms with Crippen LogP contribution in [0, 0.1) is 12.8 Å². The number of aryl methyl sites for hydroxylation is 1. The summed E-state index contributed by atoms with van der Waals surface area (Å²) in [5.41, 5.74) is 6.98. The van der Waals surface area contributed by atoms with Gasteiger partial charge in [-0.25, -0.2) is 0 Å². The third-order valence-electron chi connectivity index (χ3n) is 3.37. The molecule has 2 atom stereocenters. The van der Waals surface area contributed by atoms with Crippen LogP contribution in [0.5, 0.6) is 0 Å². The molecule has 0 aliphatic rings. The zero-order valence-corrected chi connectivity index (χ0v) is 14.4. The lowest BCUT2D eigenvalue weighted by Crippen LogP contribution is -2.52. The molecule has 6 heteroatoms. The van der Waals surface area contributed by atoms with Crippen LogP contribution in [0.15, 0.2) is 24.3 Å². The lowest BCUT2D eigenvalue weighted by molar-refractivity contribution is -0.124. The molecule has 124 valence electrons. The zero-order chi connectivity index (χ0) is 16.0. The quantitative estimate of drug-likeness (QED) is 0.742. The van der Waals surface area contributed by atoms with E-state index in [4.69, 9.17) is 5.73 Å². The summed E-state index contributed by atoms with van der Waals surface area (Å²) in [6.45, 7) is 7.86. The second kappa shape index (κ2) is 9.43. The summed E-state index contributed by atoms with van der Waals surface area (Å²) >= 11 is 0. The Bertz CT molecular complexity index is 506. The van der Waals surface area contributed by atoms with Crippen molar-refractivity contribution in [3.05, 3.63) is 35.4 Å². The molecule has 0 bridgehead atoms. The molecule has 0 aliphatic carbocycles. The van der Waals surface area contributed by atoms with Crippen LogP contribution >= 0.6 is 12.4 Å². The molecule has 1 aromatic carbocycles. The first-order valence-corrected chi connectivity index (χ1v) is 7.23. The van der Waals surface area contributed by atoms with Crippen molar-refractivity contribution in [2.24, 2.45) is 11.7 Å². The predicted molar refractivity (Wildman–Crippen MR) is 91.2 cm³/mol. The first kappa shape index (κ1) is 20.4. The second-order valence-corrected chi connectivity index (χ2v) is 5.66. The second-order valence-electron chi connectivity index (χ2n) is 5.66. The Balaban J connectivity index is 0.00000441. The van der Waals surface area contributed by atoms with Gasteiger partial charge >= 0.3 is 0 Å². The van der Waals surface area contributed by atoms with Gasteiger partial charge in [0.2, 0.25) is 5.91 Å². The predicted octanol–water partition coefficient (Wildman–Crippen LogP) is 1.63. The Kier molecular flexibility index (Phi) is 8.75. The van der Waals surface area contributed by atoms with E-state index in [1.54, 1.807) is 6.07 Å². The van der Waals surface area contributed by atoms with Crippen LogP contribution in [-0.4, -0.2) is 30.4 Å². The fourth-order valence-electron chi connectivity index (χ4n) is 1.97. The van der Waals surface area contributed by atoms with E-state index in [9.17, 15) is 9.59 Å². The van der Waals surface area contributed by atoms with Gasteiger partial charge in [0.15, 0.2) is 0 Å². The van der Waals surface area contributed by atoms with E-state index >= 15 is 0 Å². The Morgan fingerprint density at radius 1 is 1.14 bits per heavy atom. The molecular formula is C16H26ClN3O2. The van der Waals surface area contributed by atoms with E-state index in [2.05, 4.69) is 10.6 Å². The summed E-state index contributed by atoms with van der Waals surface area (Å²) in [6.07, 6.45) is 0. The third kappa shape index (κ3) is 5.66. The van der Waals surface area contributed by atoms with Gasteiger partial charge in [0.05, 0.1) is 0 Å². The molecule has 5 nitrogen and oxygen atoms in total. The van der Waals surface area contributed by atoms with E-state index in [1.165, 1.54) is 0 Å². The van der Waals surface area contributed by atoms with Crippen LogP contribution in [0.3, 0.4) is 0 Å². The number of hydrogen-bond donors (Lipinski definition) is 3. The highest BCUT2D eigenvalue weighted by Gasteiger charge is 2.25. The molecule has 4 N–H and O–H groups in total. The topological polar surface area (TPSA) is 84.2 Å². The van der Waals surface area contributed by atoms with Gasteiger partial charge in [0.1, 0.15) is 6.04 Å². The summed E-state index contributed by atoms with van der Waals surface area (Å²) in [4.78, 5) is 24.5. The van der Waals surface area contributed by atoms with Crippen molar-refractivity contribution in [3.63, 3.8) is 0 Å². The van der Waals surface area contributed by atoms with E-state index < -0.39 is 6.04 Å². The average molecular weight is 328 g/mol. The number of halogens is 1. The molecule has 0 fully saturated rings. The standard InChI is InChI=1S/C16H25N3O2.ClH/c1-10(2)14(16(21)18-12(4)9-17)19-15(20)13-8-6-5-7-11(13)3;/h5-8,10,12,14H,9,17H2,1-4H3,(H,18,21)(H,19,20);1H/t12-,14?;/m0./s1. The van der Waals surface area contributed by atoms with Crippen LogP contribution in [0.4, 0.5) is 0 Å². The monoisotopic (exact) mass is 327 g/mol. The van der Waals surface area contributed by atoms with Crippen molar-refractivity contribution in [2.75, 3.05) is 6.54 Å². The summed E-state index contributed by atoms with van der Waals surface area (Å²) in [5, 5.41) is 5.61. The highest BCUT2D eigenvalue weighted by molar-refractivity contribution is 5.98. The van der Waals surface area contributed by atoms with Crippen LogP contribution in [0.25, 0.3) is 0 Å².